The van der Waals surface area contributed by atoms with E-state index in [1.54, 1.807) is 0 Å². The molecule has 1 atom stereocenters. The summed E-state index contributed by atoms with van der Waals surface area (Å²) in [6, 6.07) is 9.02. The van der Waals surface area contributed by atoms with Crippen molar-refractivity contribution in [2.75, 3.05) is 6.54 Å². The Bertz CT molecular complexity index is 348. The summed E-state index contributed by atoms with van der Waals surface area (Å²) in [4.78, 5) is 11.2. The molecule has 0 heterocycles. The van der Waals surface area contributed by atoms with Crippen LogP contribution in [-0.2, 0) is 4.79 Å². The van der Waals surface area contributed by atoms with Gasteiger partial charge in [-0.1, -0.05) is 36.9 Å². The van der Waals surface area contributed by atoms with E-state index in [-0.39, 0.29) is 18.5 Å². The summed E-state index contributed by atoms with van der Waals surface area (Å²) in [6.45, 7) is 3.58. The van der Waals surface area contributed by atoms with Crippen LogP contribution >= 0.6 is 0 Å². The molecule has 0 aliphatic heterocycles. The smallest absolute Gasteiger partial charge is 0.234 e. The second-order valence-corrected chi connectivity index (χ2v) is 3.19. The first-order chi connectivity index (χ1) is 7.15. The first-order valence-corrected chi connectivity index (χ1v) is 4.63. The van der Waals surface area contributed by atoms with Crippen molar-refractivity contribution in [1.82, 2.24) is 5.32 Å². The van der Waals surface area contributed by atoms with Gasteiger partial charge in [0.15, 0.2) is 0 Å². The minimum atomic E-state index is -0.373. The van der Waals surface area contributed by atoms with Crippen LogP contribution in [0.5, 0.6) is 0 Å². The van der Waals surface area contributed by atoms with Crippen LogP contribution in [0.15, 0.2) is 42.6 Å². The van der Waals surface area contributed by atoms with Gasteiger partial charge in [0.2, 0.25) is 5.91 Å². The number of hydrogen-bond donors (Lipinski definition) is 3. The standard InChI is InChI=1S/C11H15N3O/c1-8(13)11(14-10(15)7-12)9-5-3-2-4-6-9/h2-6,11H,1,7,12-13H2,(H,14,15)/t11-/m1/s1. The van der Waals surface area contributed by atoms with Crippen LogP contribution in [0.1, 0.15) is 11.6 Å². The normalized spacial score (nSPS) is 11.8. The molecule has 0 aliphatic rings. The van der Waals surface area contributed by atoms with Gasteiger partial charge in [-0.3, -0.25) is 4.79 Å². The molecule has 0 saturated heterocycles. The van der Waals surface area contributed by atoms with Crippen LogP contribution in [0.4, 0.5) is 0 Å². The van der Waals surface area contributed by atoms with Crippen LogP contribution in [0.2, 0.25) is 0 Å². The molecular weight excluding hydrogens is 190 g/mol. The zero-order valence-electron chi connectivity index (χ0n) is 8.44. The maximum Gasteiger partial charge on any atom is 0.234 e. The SMILES string of the molecule is C=C(N)[C@@H](NC(=O)CN)c1ccccc1. The minimum absolute atomic E-state index is 0.0589. The quantitative estimate of drug-likeness (QED) is 0.660. The highest BCUT2D eigenvalue weighted by Gasteiger charge is 2.14. The molecule has 0 bridgehead atoms. The van der Waals surface area contributed by atoms with Gasteiger partial charge in [0.25, 0.3) is 0 Å². The molecule has 0 spiro atoms. The first kappa shape index (κ1) is 11.3. The third kappa shape index (κ3) is 3.11. The van der Waals surface area contributed by atoms with Gasteiger partial charge in [-0.2, -0.15) is 0 Å². The Morgan fingerprint density at radius 3 is 2.47 bits per heavy atom. The summed E-state index contributed by atoms with van der Waals surface area (Å²) >= 11 is 0. The second kappa shape index (κ2) is 5.17. The number of nitrogens with two attached hydrogens (primary N) is 2. The highest BCUT2D eigenvalue weighted by Crippen LogP contribution is 2.16. The number of carbonyl (C=O) groups excluding carboxylic acids is 1. The second-order valence-electron chi connectivity index (χ2n) is 3.19. The highest BCUT2D eigenvalue weighted by molar-refractivity contribution is 5.78. The third-order valence-electron chi connectivity index (χ3n) is 1.99. The van der Waals surface area contributed by atoms with Gasteiger partial charge in [0.1, 0.15) is 0 Å². The van der Waals surface area contributed by atoms with E-state index in [0.29, 0.717) is 5.70 Å². The Morgan fingerprint density at radius 2 is 2.00 bits per heavy atom. The van der Waals surface area contributed by atoms with Crippen LogP contribution < -0.4 is 16.8 Å². The number of amides is 1. The Hall–Kier alpha value is -1.81. The Balaban J connectivity index is 2.84. The number of carbonyl (C=O) groups is 1. The number of benzene rings is 1. The van der Waals surface area contributed by atoms with E-state index in [1.807, 2.05) is 30.3 Å². The van der Waals surface area contributed by atoms with Crippen molar-refractivity contribution in [2.45, 2.75) is 6.04 Å². The first-order valence-electron chi connectivity index (χ1n) is 4.63. The molecule has 4 heteroatoms. The topological polar surface area (TPSA) is 81.1 Å². The number of hydrogen-bond acceptors (Lipinski definition) is 3. The van der Waals surface area contributed by atoms with E-state index in [0.717, 1.165) is 5.56 Å². The largest absolute Gasteiger partial charge is 0.401 e. The molecule has 15 heavy (non-hydrogen) atoms. The number of nitrogens with one attached hydrogen (secondary N) is 1. The van der Waals surface area contributed by atoms with Gasteiger partial charge in [-0.25, -0.2) is 0 Å². The lowest BCUT2D eigenvalue weighted by Gasteiger charge is -2.18. The molecule has 1 rings (SSSR count). The predicted molar refractivity (Wildman–Crippen MR) is 59.7 cm³/mol. The summed E-state index contributed by atoms with van der Waals surface area (Å²) < 4.78 is 0. The zero-order chi connectivity index (χ0) is 11.3. The van der Waals surface area contributed by atoms with Crippen LogP contribution in [0, 0.1) is 0 Å². The van der Waals surface area contributed by atoms with Gasteiger partial charge in [-0.05, 0) is 5.56 Å². The van der Waals surface area contributed by atoms with Crippen LogP contribution in [0.3, 0.4) is 0 Å². The molecular formula is C11H15N3O. The van der Waals surface area contributed by atoms with Gasteiger partial charge in [0.05, 0.1) is 12.6 Å². The molecule has 0 fully saturated rings. The lowest BCUT2D eigenvalue weighted by atomic mass is 10.0. The van der Waals surface area contributed by atoms with Crippen molar-refractivity contribution in [1.29, 1.82) is 0 Å². The van der Waals surface area contributed by atoms with Gasteiger partial charge in [-0.15, -0.1) is 0 Å². The summed E-state index contributed by atoms with van der Waals surface area (Å²) in [5.41, 5.74) is 12.1. The Morgan fingerprint density at radius 1 is 1.40 bits per heavy atom. The molecule has 1 aromatic carbocycles. The van der Waals surface area contributed by atoms with E-state index in [1.165, 1.54) is 0 Å². The fourth-order valence-electron chi connectivity index (χ4n) is 1.26. The average Bonchev–Trinajstić information content (AvgIpc) is 2.26. The van der Waals surface area contributed by atoms with E-state index in [4.69, 9.17) is 11.5 Å². The Labute approximate surface area is 89.0 Å². The predicted octanol–water partition coefficient (Wildman–Crippen LogP) is 0.275. The van der Waals surface area contributed by atoms with E-state index in [2.05, 4.69) is 11.9 Å². The molecule has 5 N–H and O–H groups in total. The fraction of sp³-hybridized carbons (Fsp3) is 0.182. The highest BCUT2D eigenvalue weighted by atomic mass is 16.1. The molecule has 0 saturated carbocycles. The van der Waals surface area contributed by atoms with Crippen molar-refractivity contribution in [3.63, 3.8) is 0 Å². The summed E-state index contributed by atoms with van der Waals surface area (Å²) in [6.07, 6.45) is 0. The van der Waals surface area contributed by atoms with Crippen LogP contribution in [-0.4, -0.2) is 12.5 Å². The minimum Gasteiger partial charge on any atom is -0.401 e. The lowest BCUT2D eigenvalue weighted by molar-refractivity contribution is -0.120. The van der Waals surface area contributed by atoms with Crippen molar-refractivity contribution in [2.24, 2.45) is 11.5 Å². The molecule has 0 aliphatic carbocycles. The lowest BCUT2D eigenvalue weighted by Crippen LogP contribution is -2.35. The number of rotatable bonds is 4. The van der Waals surface area contributed by atoms with Gasteiger partial charge >= 0.3 is 0 Å². The maximum atomic E-state index is 11.2. The summed E-state index contributed by atoms with van der Waals surface area (Å²) in [5, 5.41) is 2.69. The third-order valence-corrected chi connectivity index (χ3v) is 1.99. The van der Waals surface area contributed by atoms with Crippen molar-refractivity contribution in [3.8, 4) is 0 Å². The fourth-order valence-corrected chi connectivity index (χ4v) is 1.26. The van der Waals surface area contributed by atoms with E-state index < -0.39 is 0 Å². The van der Waals surface area contributed by atoms with Crippen molar-refractivity contribution < 1.29 is 4.79 Å². The zero-order valence-corrected chi connectivity index (χ0v) is 8.44. The molecule has 80 valence electrons. The molecule has 1 aromatic rings. The maximum absolute atomic E-state index is 11.2. The molecule has 0 unspecified atom stereocenters. The van der Waals surface area contributed by atoms with Gasteiger partial charge < -0.3 is 16.8 Å². The molecule has 0 radical (unpaired) electrons. The average molecular weight is 205 g/mol. The molecule has 1 amide bonds. The van der Waals surface area contributed by atoms with Gasteiger partial charge in [0, 0.05) is 5.70 Å². The molecule has 4 nitrogen and oxygen atoms in total. The Kier molecular flexibility index (Phi) is 3.88. The van der Waals surface area contributed by atoms with E-state index >= 15 is 0 Å². The summed E-state index contributed by atoms with van der Waals surface area (Å²) in [5.74, 6) is -0.254. The van der Waals surface area contributed by atoms with Crippen molar-refractivity contribution >= 4 is 5.91 Å². The summed E-state index contributed by atoms with van der Waals surface area (Å²) in [7, 11) is 0. The van der Waals surface area contributed by atoms with E-state index in [9.17, 15) is 4.79 Å². The van der Waals surface area contributed by atoms with Crippen molar-refractivity contribution in [3.05, 3.63) is 48.2 Å². The monoisotopic (exact) mass is 205 g/mol. The van der Waals surface area contributed by atoms with Crippen LogP contribution in [0.25, 0.3) is 0 Å². The molecule has 0 aromatic heterocycles.